The van der Waals surface area contributed by atoms with Gasteiger partial charge in [-0.1, -0.05) is 49.4 Å². The van der Waals surface area contributed by atoms with E-state index in [0.717, 1.165) is 31.4 Å². The van der Waals surface area contributed by atoms with Crippen molar-refractivity contribution in [3.63, 3.8) is 0 Å². The molecular formula is C18H22FN. The monoisotopic (exact) mass is 271 g/mol. The van der Waals surface area contributed by atoms with Crippen LogP contribution in [0.15, 0.2) is 54.6 Å². The summed E-state index contributed by atoms with van der Waals surface area (Å²) in [7, 11) is 0. The smallest absolute Gasteiger partial charge is 0.123 e. The van der Waals surface area contributed by atoms with Crippen molar-refractivity contribution >= 4 is 0 Å². The minimum absolute atomic E-state index is 0.159. The van der Waals surface area contributed by atoms with Crippen molar-refractivity contribution in [2.75, 3.05) is 6.54 Å². The molecule has 0 heterocycles. The van der Waals surface area contributed by atoms with E-state index >= 15 is 0 Å². The molecule has 2 heteroatoms. The average Bonchev–Trinajstić information content (AvgIpc) is 2.47. The lowest BCUT2D eigenvalue weighted by Crippen LogP contribution is -2.21. The fourth-order valence-corrected chi connectivity index (χ4v) is 2.51. The van der Waals surface area contributed by atoms with Crippen LogP contribution in [0.25, 0.3) is 0 Å². The van der Waals surface area contributed by atoms with E-state index in [-0.39, 0.29) is 11.9 Å². The zero-order chi connectivity index (χ0) is 14.2. The first-order valence-corrected chi connectivity index (χ1v) is 7.32. The first-order valence-electron chi connectivity index (χ1n) is 7.32. The number of rotatable bonds is 7. The Balaban J connectivity index is 1.92. The normalized spacial score (nSPS) is 12.3. The van der Waals surface area contributed by atoms with Gasteiger partial charge in [0.15, 0.2) is 0 Å². The van der Waals surface area contributed by atoms with Gasteiger partial charge in [0, 0.05) is 6.04 Å². The van der Waals surface area contributed by atoms with Crippen molar-refractivity contribution < 1.29 is 4.39 Å². The van der Waals surface area contributed by atoms with Crippen LogP contribution in [0.5, 0.6) is 0 Å². The molecule has 2 aromatic carbocycles. The van der Waals surface area contributed by atoms with Crippen molar-refractivity contribution in [1.29, 1.82) is 0 Å². The molecule has 1 N–H and O–H groups in total. The van der Waals surface area contributed by atoms with E-state index in [2.05, 4.69) is 36.5 Å². The molecule has 1 nitrogen and oxygen atoms in total. The van der Waals surface area contributed by atoms with Crippen LogP contribution in [0.2, 0.25) is 0 Å². The molecule has 2 aromatic rings. The van der Waals surface area contributed by atoms with Crippen LogP contribution in [0.3, 0.4) is 0 Å². The van der Waals surface area contributed by atoms with Gasteiger partial charge in [-0.25, -0.2) is 4.39 Å². The SMILES string of the molecule is CCNC(CCCc1ccccc1)c1cccc(F)c1. The molecule has 0 saturated heterocycles. The second-order valence-corrected chi connectivity index (χ2v) is 5.04. The summed E-state index contributed by atoms with van der Waals surface area (Å²) in [5.74, 6) is -0.159. The third-order valence-electron chi connectivity index (χ3n) is 3.50. The summed E-state index contributed by atoms with van der Waals surface area (Å²) >= 11 is 0. The molecule has 0 aliphatic heterocycles. The number of hydrogen-bond acceptors (Lipinski definition) is 1. The third-order valence-corrected chi connectivity index (χ3v) is 3.50. The highest BCUT2D eigenvalue weighted by Gasteiger charge is 2.10. The molecule has 106 valence electrons. The molecule has 0 bridgehead atoms. The lowest BCUT2D eigenvalue weighted by molar-refractivity contribution is 0.494. The van der Waals surface area contributed by atoms with E-state index in [1.165, 1.54) is 11.6 Å². The van der Waals surface area contributed by atoms with Crippen molar-refractivity contribution in [3.8, 4) is 0 Å². The molecule has 0 saturated carbocycles. The molecule has 0 aliphatic rings. The third kappa shape index (κ3) is 4.46. The highest BCUT2D eigenvalue weighted by Crippen LogP contribution is 2.20. The fourth-order valence-electron chi connectivity index (χ4n) is 2.51. The summed E-state index contributed by atoms with van der Waals surface area (Å²) in [4.78, 5) is 0. The minimum atomic E-state index is -0.159. The van der Waals surface area contributed by atoms with E-state index in [4.69, 9.17) is 0 Å². The van der Waals surface area contributed by atoms with Crippen molar-refractivity contribution in [2.45, 2.75) is 32.2 Å². The zero-order valence-corrected chi connectivity index (χ0v) is 12.0. The van der Waals surface area contributed by atoms with Gasteiger partial charge in [0.05, 0.1) is 0 Å². The van der Waals surface area contributed by atoms with Gasteiger partial charge in [0.25, 0.3) is 0 Å². The maximum absolute atomic E-state index is 13.3. The van der Waals surface area contributed by atoms with Crippen LogP contribution >= 0.6 is 0 Å². The summed E-state index contributed by atoms with van der Waals surface area (Å²) in [6.07, 6.45) is 3.18. The Morgan fingerprint density at radius 3 is 2.55 bits per heavy atom. The molecule has 0 fully saturated rings. The van der Waals surface area contributed by atoms with E-state index in [9.17, 15) is 4.39 Å². The van der Waals surface area contributed by atoms with Gasteiger partial charge < -0.3 is 5.32 Å². The topological polar surface area (TPSA) is 12.0 Å². The largest absolute Gasteiger partial charge is 0.310 e. The van der Waals surface area contributed by atoms with Crippen LogP contribution < -0.4 is 5.32 Å². The average molecular weight is 271 g/mol. The summed E-state index contributed by atoms with van der Waals surface area (Å²) in [6.45, 7) is 2.98. The number of benzene rings is 2. The van der Waals surface area contributed by atoms with Gasteiger partial charge in [-0.15, -0.1) is 0 Å². The Bertz CT molecular complexity index is 510. The van der Waals surface area contributed by atoms with Crippen molar-refractivity contribution in [1.82, 2.24) is 5.32 Å². The number of nitrogens with one attached hydrogen (secondary N) is 1. The Labute approximate surface area is 120 Å². The Morgan fingerprint density at radius 1 is 1.05 bits per heavy atom. The maximum atomic E-state index is 13.3. The quantitative estimate of drug-likeness (QED) is 0.782. The van der Waals surface area contributed by atoms with Gasteiger partial charge in [0.1, 0.15) is 5.82 Å². The van der Waals surface area contributed by atoms with Gasteiger partial charge in [-0.3, -0.25) is 0 Å². The molecule has 0 aliphatic carbocycles. The molecule has 0 spiro atoms. The molecule has 0 amide bonds. The summed E-state index contributed by atoms with van der Waals surface area (Å²) in [5.41, 5.74) is 2.40. The Hall–Kier alpha value is -1.67. The highest BCUT2D eigenvalue weighted by molar-refractivity contribution is 5.20. The van der Waals surface area contributed by atoms with Crippen LogP contribution in [-0.4, -0.2) is 6.54 Å². The molecule has 20 heavy (non-hydrogen) atoms. The van der Waals surface area contributed by atoms with E-state index in [1.54, 1.807) is 12.1 Å². The van der Waals surface area contributed by atoms with Crippen LogP contribution in [0, 0.1) is 5.82 Å². The van der Waals surface area contributed by atoms with Crippen molar-refractivity contribution in [2.24, 2.45) is 0 Å². The van der Waals surface area contributed by atoms with Gasteiger partial charge in [-0.2, -0.15) is 0 Å². The molecule has 0 aromatic heterocycles. The van der Waals surface area contributed by atoms with Crippen LogP contribution in [0.1, 0.15) is 36.9 Å². The van der Waals surface area contributed by atoms with Gasteiger partial charge in [0.2, 0.25) is 0 Å². The first kappa shape index (κ1) is 14.7. The van der Waals surface area contributed by atoms with Crippen molar-refractivity contribution in [3.05, 3.63) is 71.5 Å². The second-order valence-electron chi connectivity index (χ2n) is 5.04. The van der Waals surface area contributed by atoms with Gasteiger partial charge in [-0.05, 0) is 49.1 Å². The predicted molar refractivity (Wildman–Crippen MR) is 82.2 cm³/mol. The number of hydrogen-bond donors (Lipinski definition) is 1. The lowest BCUT2D eigenvalue weighted by atomic mass is 9.99. The summed E-state index contributed by atoms with van der Waals surface area (Å²) in [6, 6.07) is 17.6. The minimum Gasteiger partial charge on any atom is -0.310 e. The Morgan fingerprint density at radius 2 is 1.85 bits per heavy atom. The zero-order valence-electron chi connectivity index (χ0n) is 12.0. The maximum Gasteiger partial charge on any atom is 0.123 e. The Kier molecular flexibility index (Phi) is 5.75. The summed E-state index contributed by atoms with van der Waals surface area (Å²) < 4.78 is 13.3. The molecular weight excluding hydrogens is 249 g/mol. The van der Waals surface area contributed by atoms with Crippen LogP contribution in [0.4, 0.5) is 4.39 Å². The number of aryl methyl sites for hydroxylation is 1. The van der Waals surface area contributed by atoms with Gasteiger partial charge >= 0.3 is 0 Å². The standard InChI is InChI=1S/C18H22FN/c1-2-20-18(16-11-7-12-17(19)14-16)13-6-10-15-8-4-3-5-9-15/h3-5,7-9,11-12,14,18,20H,2,6,10,13H2,1H3. The molecule has 0 radical (unpaired) electrons. The highest BCUT2D eigenvalue weighted by atomic mass is 19.1. The summed E-state index contributed by atoms with van der Waals surface area (Å²) in [5, 5.41) is 3.45. The van der Waals surface area contributed by atoms with E-state index in [0.29, 0.717) is 0 Å². The lowest BCUT2D eigenvalue weighted by Gasteiger charge is -2.18. The number of halogens is 1. The second kappa shape index (κ2) is 7.81. The molecule has 1 atom stereocenters. The van der Waals surface area contributed by atoms with Crippen LogP contribution in [-0.2, 0) is 6.42 Å². The van der Waals surface area contributed by atoms with E-state index < -0.39 is 0 Å². The fraction of sp³-hybridized carbons (Fsp3) is 0.333. The molecule has 2 rings (SSSR count). The van der Waals surface area contributed by atoms with E-state index in [1.807, 2.05) is 12.1 Å². The predicted octanol–water partition coefficient (Wildman–Crippen LogP) is 4.50. The first-order chi connectivity index (χ1) is 9.79. The molecule has 1 unspecified atom stereocenters.